The number of rotatable bonds is 7. The molecule has 0 fully saturated rings. The summed E-state index contributed by atoms with van der Waals surface area (Å²) >= 11 is 4.83. The van der Waals surface area contributed by atoms with Crippen LogP contribution in [-0.2, 0) is 6.54 Å². The van der Waals surface area contributed by atoms with E-state index in [9.17, 15) is 13.6 Å². The summed E-state index contributed by atoms with van der Waals surface area (Å²) in [4.78, 5) is 31.8. The lowest BCUT2D eigenvalue weighted by atomic mass is 9.94. The van der Waals surface area contributed by atoms with E-state index in [-0.39, 0.29) is 18.7 Å². The molecule has 1 aromatic carbocycles. The van der Waals surface area contributed by atoms with E-state index >= 15 is 0 Å². The largest absolute Gasteiger partial charge is 0.383 e. The number of fused-ring (bicyclic) bond motifs is 1. The predicted octanol–water partition coefficient (Wildman–Crippen LogP) is 5.75. The Kier molecular flexibility index (Phi) is 7.17. The van der Waals surface area contributed by atoms with Crippen molar-refractivity contribution in [3.05, 3.63) is 81.6 Å². The van der Waals surface area contributed by atoms with E-state index in [1.54, 1.807) is 17.4 Å². The number of benzene rings is 1. The number of nitrogen functional groups attached to an aromatic ring is 1. The lowest BCUT2D eigenvalue weighted by Crippen LogP contribution is -2.29. The Morgan fingerprint density at radius 3 is 2.87 bits per heavy atom. The molecule has 1 atom stereocenters. The van der Waals surface area contributed by atoms with Crippen molar-refractivity contribution in [1.29, 1.82) is 0 Å². The number of hydrogen-bond donors (Lipinski definition) is 3. The standard InChI is InChI=1S/C26H22BrF2N7OS/c1-26(29)7-6-14(8-20(26)28)10-33-25(37)22-24(32-12-21(27)36-22)31-11-16-3-5-19(38-16)15-2-4-18-17(9-15)23(30)35-13-34-18/h2-6,8-9,12-13H,7,10-11H2,1H3,(H,31,32)(H,33,37)(H2,30,34,35). The maximum Gasteiger partial charge on any atom is 0.274 e. The highest BCUT2D eigenvalue weighted by atomic mass is 79.9. The smallest absolute Gasteiger partial charge is 0.274 e. The molecule has 1 amide bonds. The summed E-state index contributed by atoms with van der Waals surface area (Å²) < 4.78 is 28.3. The number of carbonyl (C=O) groups is 1. The Balaban J connectivity index is 1.27. The molecular formula is C26H22BrF2N7OS. The Morgan fingerprint density at radius 2 is 2.05 bits per heavy atom. The second-order valence-electron chi connectivity index (χ2n) is 8.86. The first-order valence-electron chi connectivity index (χ1n) is 11.6. The van der Waals surface area contributed by atoms with E-state index in [4.69, 9.17) is 5.73 Å². The van der Waals surface area contributed by atoms with Crippen molar-refractivity contribution in [2.75, 3.05) is 17.6 Å². The van der Waals surface area contributed by atoms with Crippen molar-refractivity contribution < 1.29 is 13.6 Å². The quantitative estimate of drug-likeness (QED) is 0.248. The van der Waals surface area contributed by atoms with E-state index in [0.717, 1.165) is 32.3 Å². The van der Waals surface area contributed by atoms with Crippen molar-refractivity contribution in [2.24, 2.45) is 0 Å². The van der Waals surface area contributed by atoms with Gasteiger partial charge in [-0.1, -0.05) is 12.1 Å². The molecule has 0 saturated heterocycles. The second-order valence-corrected chi connectivity index (χ2v) is 10.8. The minimum Gasteiger partial charge on any atom is -0.383 e. The zero-order valence-corrected chi connectivity index (χ0v) is 22.5. The number of hydrogen-bond acceptors (Lipinski definition) is 8. The van der Waals surface area contributed by atoms with Crippen molar-refractivity contribution >= 4 is 55.7 Å². The maximum absolute atomic E-state index is 14.0. The van der Waals surface area contributed by atoms with Gasteiger partial charge in [-0.05, 0) is 64.3 Å². The number of thiophene rings is 1. The van der Waals surface area contributed by atoms with Gasteiger partial charge >= 0.3 is 0 Å². The van der Waals surface area contributed by atoms with E-state index in [0.29, 0.717) is 28.4 Å². The molecule has 38 heavy (non-hydrogen) atoms. The number of carbonyl (C=O) groups excluding carboxylic acids is 1. The first-order chi connectivity index (χ1) is 18.2. The maximum atomic E-state index is 14.0. The summed E-state index contributed by atoms with van der Waals surface area (Å²) in [6.07, 6.45) is 5.52. The van der Waals surface area contributed by atoms with Gasteiger partial charge in [0.15, 0.2) is 17.2 Å². The van der Waals surface area contributed by atoms with Crippen LogP contribution >= 0.6 is 27.3 Å². The van der Waals surface area contributed by atoms with Gasteiger partial charge in [-0.3, -0.25) is 4.79 Å². The molecule has 1 aliphatic carbocycles. The molecule has 0 bridgehead atoms. The summed E-state index contributed by atoms with van der Waals surface area (Å²) in [5.74, 6) is -0.624. The normalized spacial score (nSPS) is 17.2. The number of anilines is 2. The molecule has 0 aliphatic heterocycles. The van der Waals surface area contributed by atoms with Crippen molar-refractivity contribution in [2.45, 2.75) is 25.6 Å². The Morgan fingerprint density at radius 1 is 1.21 bits per heavy atom. The van der Waals surface area contributed by atoms with E-state index in [1.165, 1.54) is 19.4 Å². The van der Waals surface area contributed by atoms with Gasteiger partial charge < -0.3 is 16.4 Å². The molecule has 1 aliphatic rings. The minimum atomic E-state index is -2.02. The number of nitrogens with two attached hydrogens (primary N) is 1. The molecule has 4 N–H and O–H groups in total. The van der Waals surface area contributed by atoms with Crippen molar-refractivity contribution in [3.63, 3.8) is 0 Å². The van der Waals surface area contributed by atoms with Crippen LogP contribution in [0.25, 0.3) is 21.3 Å². The molecule has 5 rings (SSSR count). The van der Waals surface area contributed by atoms with Crippen LogP contribution in [0.3, 0.4) is 0 Å². The fraction of sp³-hybridized carbons (Fsp3) is 0.192. The minimum absolute atomic E-state index is 0.0333. The molecule has 194 valence electrons. The highest BCUT2D eigenvalue weighted by molar-refractivity contribution is 9.10. The monoisotopic (exact) mass is 597 g/mol. The Hall–Kier alpha value is -3.77. The molecule has 0 spiro atoms. The van der Waals surface area contributed by atoms with Crippen LogP contribution in [0.1, 0.15) is 28.7 Å². The number of halogens is 3. The molecule has 3 aromatic heterocycles. The van der Waals surface area contributed by atoms with E-state index in [2.05, 4.69) is 46.5 Å². The van der Waals surface area contributed by atoms with E-state index < -0.39 is 17.4 Å². The fourth-order valence-corrected chi connectivity index (χ4v) is 5.09. The van der Waals surface area contributed by atoms with Gasteiger partial charge in [0.05, 0.1) is 18.3 Å². The summed E-state index contributed by atoms with van der Waals surface area (Å²) in [6.45, 7) is 1.63. The SMILES string of the molecule is CC1(F)CC=C(CNC(=O)c2nc(Br)cnc2NCc2ccc(-c3ccc4ncnc(N)c4c3)s2)C=C1F. The highest BCUT2D eigenvalue weighted by Gasteiger charge is 2.31. The molecule has 3 heterocycles. The zero-order chi connectivity index (χ0) is 26.9. The molecule has 0 radical (unpaired) electrons. The average molecular weight is 598 g/mol. The first kappa shape index (κ1) is 25.9. The van der Waals surface area contributed by atoms with Gasteiger partial charge in [-0.2, -0.15) is 0 Å². The Bertz CT molecular complexity index is 1600. The van der Waals surface area contributed by atoms with Crippen LogP contribution in [0.5, 0.6) is 0 Å². The van der Waals surface area contributed by atoms with E-state index in [1.807, 2.05) is 30.3 Å². The Labute approximate surface area is 229 Å². The lowest BCUT2D eigenvalue weighted by molar-refractivity contribution is 0.0952. The van der Waals surface area contributed by atoms with Gasteiger partial charge in [0.1, 0.15) is 22.6 Å². The number of allylic oxidation sites excluding steroid dienone is 2. The van der Waals surface area contributed by atoms with Gasteiger partial charge in [0.2, 0.25) is 0 Å². The number of nitrogens with zero attached hydrogens (tertiary/aromatic N) is 4. The summed E-state index contributed by atoms with van der Waals surface area (Å²) in [6, 6.07) is 9.86. The molecule has 8 nitrogen and oxygen atoms in total. The predicted molar refractivity (Wildman–Crippen MR) is 148 cm³/mol. The topological polar surface area (TPSA) is 119 Å². The summed E-state index contributed by atoms with van der Waals surface area (Å²) in [5, 5.41) is 6.67. The molecule has 12 heteroatoms. The van der Waals surface area contributed by atoms with Crippen LogP contribution < -0.4 is 16.4 Å². The second kappa shape index (κ2) is 10.5. The first-order valence-corrected chi connectivity index (χ1v) is 13.2. The van der Waals surface area contributed by atoms with Gasteiger partial charge in [-0.15, -0.1) is 11.3 Å². The molecular weight excluding hydrogens is 576 g/mol. The lowest BCUT2D eigenvalue weighted by Gasteiger charge is -2.21. The van der Waals surface area contributed by atoms with Crippen LogP contribution in [0.2, 0.25) is 0 Å². The van der Waals surface area contributed by atoms with Gasteiger partial charge in [0, 0.05) is 28.1 Å². The fourth-order valence-electron chi connectivity index (χ4n) is 3.87. The highest BCUT2D eigenvalue weighted by Crippen LogP contribution is 2.33. The van der Waals surface area contributed by atoms with Crippen LogP contribution in [-0.4, -0.2) is 38.1 Å². The number of nitrogens with one attached hydrogen (secondary N) is 2. The molecule has 0 saturated carbocycles. The third kappa shape index (κ3) is 5.55. The zero-order valence-electron chi connectivity index (χ0n) is 20.1. The molecule has 4 aromatic rings. The summed E-state index contributed by atoms with van der Waals surface area (Å²) in [5.41, 5.74) is 6.33. The van der Waals surface area contributed by atoms with Gasteiger partial charge in [0.25, 0.3) is 5.91 Å². The summed E-state index contributed by atoms with van der Waals surface area (Å²) in [7, 11) is 0. The molecule has 1 unspecified atom stereocenters. The third-order valence-corrected chi connectivity index (χ3v) is 7.53. The van der Waals surface area contributed by atoms with Crippen molar-refractivity contribution in [1.82, 2.24) is 25.3 Å². The average Bonchev–Trinajstić information content (AvgIpc) is 3.38. The number of aromatic nitrogens is 4. The van der Waals surface area contributed by atoms with Crippen LogP contribution in [0.4, 0.5) is 20.4 Å². The van der Waals surface area contributed by atoms with Crippen LogP contribution in [0.15, 0.2) is 71.0 Å². The number of amides is 1. The van der Waals surface area contributed by atoms with Gasteiger partial charge in [-0.25, -0.2) is 28.7 Å². The van der Waals surface area contributed by atoms with Crippen molar-refractivity contribution in [3.8, 4) is 10.4 Å². The third-order valence-electron chi connectivity index (χ3n) is 6.01. The number of alkyl halides is 1. The van der Waals surface area contributed by atoms with Crippen LogP contribution in [0, 0.1) is 0 Å².